The van der Waals surface area contributed by atoms with Crippen molar-refractivity contribution in [2.75, 3.05) is 0 Å². The summed E-state index contributed by atoms with van der Waals surface area (Å²) in [7, 11) is 0. The van der Waals surface area contributed by atoms with Crippen LogP contribution < -0.4 is 0 Å². The van der Waals surface area contributed by atoms with Crippen molar-refractivity contribution in [3.05, 3.63) is 77.9 Å². The van der Waals surface area contributed by atoms with Crippen LogP contribution in [-0.4, -0.2) is 35.4 Å². The zero-order valence-corrected chi connectivity index (χ0v) is 20.4. The molecular weight excluding hydrogens is 434 g/mol. The first-order valence-electron chi connectivity index (χ1n) is 12.8. The van der Waals surface area contributed by atoms with Gasteiger partial charge in [0.25, 0.3) is 0 Å². The van der Waals surface area contributed by atoms with Crippen molar-refractivity contribution in [2.45, 2.75) is 64.8 Å². The maximum atomic E-state index is 4.92. The molecule has 35 heavy (non-hydrogen) atoms. The molecule has 1 saturated carbocycles. The zero-order valence-electron chi connectivity index (χ0n) is 20.4. The van der Waals surface area contributed by atoms with E-state index in [1.807, 2.05) is 18.2 Å². The highest BCUT2D eigenvalue weighted by molar-refractivity contribution is 5.80. The fourth-order valence-corrected chi connectivity index (χ4v) is 5.01. The number of nitrogens with one attached hydrogen (secondary N) is 1. The second-order valence-electron chi connectivity index (χ2n) is 9.40. The number of rotatable bonds is 9. The molecule has 2 aromatic carbocycles. The molecule has 1 N–H and O–H groups in total. The number of nitrogens with zero attached hydrogens (tertiary/aromatic N) is 6. The Morgan fingerprint density at radius 1 is 1.00 bits per heavy atom. The quantitative estimate of drug-likeness (QED) is 0.314. The van der Waals surface area contributed by atoms with Crippen LogP contribution >= 0.6 is 0 Å². The monoisotopic (exact) mass is 467 g/mol. The minimum Gasteiger partial charge on any atom is -0.245 e. The largest absolute Gasteiger partial charge is 0.245 e. The molecule has 0 amide bonds. The lowest BCUT2D eigenvalue weighted by molar-refractivity contribution is 0.337. The van der Waals surface area contributed by atoms with E-state index in [0.717, 1.165) is 53.6 Å². The summed E-state index contributed by atoms with van der Waals surface area (Å²) in [6.45, 7) is 2.77. The van der Waals surface area contributed by atoms with E-state index >= 15 is 0 Å². The summed E-state index contributed by atoms with van der Waals surface area (Å²) in [5, 5.41) is 19.5. The van der Waals surface area contributed by atoms with Crippen LogP contribution in [0.2, 0.25) is 0 Å². The Morgan fingerprint density at radius 3 is 2.54 bits per heavy atom. The van der Waals surface area contributed by atoms with Gasteiger partial charge in [0.1, 0.15) is 5.82 Å². The van der Waals surface area contributed by atoms with Crippen LogP contribution in [-0.2, 0) is 19.4 Å². The average Bonchev–Trinajstić information content (AvgIpc) is 3.58. The standard InChI is InChI=1S/C28H33N7/c1-2-3-13-27-29-26(19-16-21-9-5-4-6-10-21)32-35(27)20-22-14-17-23(18-15-22)24-11-7-8-12-25(24)28-30-33-34-31-28/h2-3,7-8,11-12,14-15,17-18,21H,4-6,9-10,13,16,19-20H2,1H3,(H,30,31,33,34)/b3-2+. The van der Waals surface area contributed by atoms with Gasteiger partial charge in [-0.15, -0.1) is 10.2 Å². The third-order valence-electron chi connectivity index (χ3n) is 6.94. The summed E-state index contributed by atoms with van der Waals surface area (Å²) >= 11 is 0. The first-order valence-corrected chi connectivity index (χ1v) is 12.8. The SMILES string of the molecule is C/C=C/Cc1nc(CCC2CCCCC2)nn1Cc1ccc(-c2ccccc2-c2nn[nH]n2)cc1. The van der Waals surface area contributed by atoms with Crippen LogP contribution in [0, 0.1) is 5.92 Å². The molecule has 2 heterocycles. The number of tetrazole rings is 1. The molecule has 0 unspecified atom stereocenters. The molecular formula is C28H33N7. The zero-order chi connectivity index (χ0) is 23.9. The fraction of sp³-hybridized carbons (Fsp3) is 0.393. The van der Waals surface area contributed by atoms with Crippen LogP contribution in [0.25, 0.3) is 22.5 Å². The van der Waals surface area contributed by atoms with Gasteiger partial charge < -0.3 is 0 Å². The van der Waals surface area contributed by atoms with Gasteiger partial charge in [0.2, 0.25) is 5.82 Å². The Morgan fingerprint density at radius 2 is 1.80 bits per heavy atom. The van der Waals surface area contributed by atoms with Crippen molar-refractivity contribution in [1.29, 1.82) is 0 Å². The van der Waals surface area contributed by atoms with E-state index in [4.69, 9.17) is 10.1 Å². The highest BCUT2D eigenvalue weighted by Gasteiger charge is 2.16. The van der Waals surface area contributed by atoms with Gasteiger partial charge in [-0.05, 0) is 41.2 Å². The van der Waals surface area contributed by atoms with Crippen molar-refractivity contribution >= 4 is 0 Å². The molecule has 0 bridgehead atoms. The Hall–Kier alpha value is -3.61. The number of aromatic nitrogens is 7. The van der Waals surface area contributed by atoms with E-state index in [0.29, 0.717) is 5.82 Å². The average molecular weight is 468 g/mol. The summed E-state index contributed by atoms with van der Waals surface area (Å²) in [5.74, 6) is 3.47. The Kier molecular flexibility index (Phi) is 7.41. The maximum Gasteiger partial charge on any atom is 0.205 e. The van der Waals surface area contributed by atoms with Gasteiger partial charge in [0, 0.05) is 18.4 Å². The third kappa shape index (κ3) is 5.73. The first-order chi connectivity index (χ1) is 17.3. The molecule has 5 rings (SSSR count). The van der Waals surface area contributed by atoms with Crippen LogP contribution in [0.15, 0.2) is 60.7 Å². The molecule has 2 aromatic heterocycles. The van der Waals surface area contributed by atoms with E-state index in [2.05, 4.69) is 74.7 Å². The van der Waals surface area contributed by atoms with Crippen LogP contribution in [0.5, 0.6) is 0 Å². The summed E-state index contributed by atoms with van der Waals surface area (Å²) in [6.07, 6.45) is 14.1. The van der Waals surface area contributed by atoms with Crippen molar-refractivity contribution in [2.24, 2.45) is 5.92 Å². The first kappa shape index (κ1) is 23.1. The fourth-order valence-electron chi connectivity index (χ4n) is 5.01. The van der Waals surface area contributed by atoms with Gasteiger partial charge in [-0.25, -0.2) is 9.67 Å². The lowest BCUT2D eigenvalue weighted by atomic mass is 9.86. The number of hydrogen-bond donors (Lipinski definition) is 1. The number of H-pyrrole nitrogens is 1. The van der Waals surface area contributed by atoms with E-state index in [1.165, 1.54) is 44.1 Å². The number of benzene rings is 2. The van der Waals surface area contributed by atoms with Gasteiger partial charge in [-0.3, -0.25) is 0 Å². The number of aryl methyl sites for hydroxylation is 1. The minimum atomic E-state index is 0.599. The molecule has 0 aliphatic heterocycles. The van der Waals surface area contributed by atoms with E-state index in [9.17, 15) is 0 Å². The number of hydrogen-bond acceptors (Lipinski definition) is 5. The van der Waals surface area contributed by atoms with Crippen LogP contribution in [0.4, 0.5) is 0 Å². The smallest absolute Gasteiger partial charge is 0.205 e. The third-order valence-corrected chi connectivity index (χ3v) is 6.94. The summed E-state index contributed by atoms with van der Waals surface area (Å²) < 4.78 is 2.08. The van der Waals surface area contributed by atoms with Crippen molar-refractivity contribution in [3.8, 4) is 22.5 Å². The molecule has 1 aliphatic rings. The number of allylic oxidation sites excluding steroid dienone is 2. The Balaban J connectivity index is 1.32. The predicted octanol–water partition coefficient (Wildman–Crippen LogP) is 5.81. The second kappa shape index (κ2) is 11.2. The highest BCUT2D eigenvalue weighted by Crippen LogP contribution is 2.30. The molecule has 7 nitrogen and oxygen atoms in total. The molecule has 180 valence electrons. The highest BCUT2D eigenvalue weighted by atomic mass is 15.5. The molecule has 0 atom stereocenters. The lowest BCUT2D eigenvalue weighted by Gasteiger charge is -2.20. The molecule has 0 saturated heterocycles. The summed E-state index contributed by atoms with van der Waals surface area (Å²) in [5.41, 5.74) is 4.37. The van der Waals surface area contributed by atoms with Gasteiger partial charge in [-0.1, -0.05) is 92.8 Å². The Bertz CT molecular complexity index is 1230. The van der Waals surface area contributed by atoms with E-state index in [1.54, 1.807) is 0 Å². The number of aromatic amines is 1. The summed E-state index contributed by atoms with van der Waals surface area (Å²) in [6, 6.07) is 16.8. The van der Waals surface area contributed by atoms with Crippen LogP contribution in [0.3, 0.4) is 0 Å². The second-order valence-corrected chi connectivity index (χ2v) is 9.40. The van der Waals surface area contributed by atoms with Crippen LogP contribution in [0.1, 0.15) is 62.7 Å². The molecule has 7 heteroatoms. The molecule has 1 fully saturated rings. The normalized spacial score (nSPS) is 14.7. The van der Waals surface area contributed by atoms with Crippen molar-refractivity contribution < 1.29 is 0 Å². The van der Waals surface area contributed by atoms with E-state index in [-0.39, 0.29) is 0 Å². The Labute approximate surface area is 206 Å². The lowest BCUT2D eigenvalue weighted by Crippen LogP contribution is -2.08. The van der Waals surface area contributed by atoms with Gasteiger partial charge in [0.05, 0.1) is 6.54 Å². The molecule has 0 spiro atoms. The molecule has 4 aromatic rings. The van der Waals surface area contributed by atoms with Gasteiger partial charge in [-0.2, -0.15) is 10.3 Å². The molecule has 1 aliphatic carbocycles. The minimum absolute atomic E-state index is 0.599. The van der Waals surface area contributed by atoms with E-state index < -0.39 is 0 Å². The van der Waals surface area contributed by atoms with Gasteiger partial charge in [0.15, 0.2) is 5.82 Å². The van der Waals surface area contributed by atoms with Crippen molar-refractivity contribution in [1.82, 2.24) is 35.4 Å². The molecule has 0 radical (unpaired) electrons. The predicted molar refractivity (Wildman–Crippen MR) is 138 cm³/mol. The summed E-state index contributed by atoms with van der Waals surface area (Å²) in [4.78, 5) is 4.91. The maximum absolute atomic E-state index is 4.92. The topological polar surface area (TPSA) is 85.2 Å². The van der Waals surface area contributed by atoms with Crippen molar-refractivity contribution in [3.63, 3.8) is 0 Å². The van der Waals surface area contributed by atoms with Gasteiger partial charge >= 0.3 is 0 Å².